The van der Waals surface area contributed by atoms with E-state index in [1.165, 1.54) is 0 Å². The summed E-state index contributed by atoms with van der Waals surface area (Å²) in [5, 5.41) is 5.42. The molecule has 0 bridgehead atoms. The van der Waals surface area contributed by atoms with Crippen molar-refractivity contribution in [3.63, 3.8) is 0 Å². The predicted molar refractivity (Wildman–Crippen MR) is 71.0 cm³/mol. The Morgan fingerprint density at radius 1 is 1.33 bits per heavy atom. The van der Waals surface area contributed by atoms with Crippen molar-refractivity contribution in [1.82, 2.24) is 9.78 Å². The summed E-state index contributed by atoms with van der Waals surface area (Å²) < 4.78 is 2.79. The van der Waals surface area contributed by atoms with E-state index < -0.39 is 0 Å². The van der Waals surface area contributed by atoms with Crippen molar-refractivity contribution in [3.8, 4) is 5.69 Å². The molecule has 0 fully saturated rings. The number of aryl methyl sites for hydroxylation is 1. The zero-order valence-corrected chi connectivity index (χ0v) is 11.5. The third-order valence-electron chi connectivity index (χ3n) is 1.95. The summed E-state index contributed by atoms with van der Waals surface area (Å²) in [6.45, 7) is 1.94. The highest BCUT2D eigenvalue weighted by Crippen LogP contribution is 2.29. The molecule has 0 saturated heterocycles. The molecular formula is C10H7Cl2IN2. The summed E-state index contributed by atoms with van der Waals surface area (Å²) in [4.78, 5) is 0. The van der Waals surface area contributed by atoms with Gasteiger partial charge in [-0.2, -0.15) is 5.10 Å². The van der Waals surface area contributed by atoms with Crippen LogP contribution in [0.3, 0.4) is 0 Å². The van der Waals surface area contributed by atoms with Crippen molar-refractivity contribution < 1.29 is 0 Å². The number of benzene rings is 1. The molecule has 0 amide bonds. The standard InChI is InChI=1S/C10H7Cl2IN2/c1-6-5-9(13)15(14-6)8-4-2-3-7(11)10(8)12/h2-5H,1H3. The van der Waals surface area contributed by atoms with Crippen LogP contribution in [-0.2, 0) is 0 Å². The molecule has 15 heavy (non-hydrogen) atoms. The van der Waals surface area contributed by atoms with Gasteiger partial charge in [-0.3, -0.25) is 0 Å². The monoisotopic (exact) mass is 352 g/mol. The van der Waals surface area contributed by atoms with Gasteiger partial charge in [-0.05, 0) is 47.7 Å². The first-order valence-corrected chi connectivity index (χ1v) is 6.09. The van der Waals surface area contributed by atoms with E-state index in [2.05, 4.69) is 27.7 Å². The van der Waals surface area contributed by atoms with Gasteiger partial charge in [-0.25, -0.2) is 4.68 Å². The van der Waals surface area contributed by atoms with E-state index in [-0.39, 0.29) is 0 Å². The number of nitrogens with zero attached hydrogens (tertiary/aromatic N) is 2. The smallest absolute Gasteiger partial charge is 0.105 e. The normalized spacial score (nSPS) is 10.7. The minimum Gasteiger partial charge on any atom is -0.226 e. The second-order valence-corrected chi connectivity index (χ2v) is 4.98. The molecule has 0 atom stereocenters. The fourth-order valence-electron chi connectivity index (χ4n) is 1.29. The van der Waals surface area contributed by atoms with Gasteiger partial charge in [-0.1, -0.05) is 29.3 Å². The van der Waals surface area contributed by atoms with Gasteiger partial charge in [0.25, 0.3) is 0 Å². The largest absolute Gasteiger partial charge is 0.226 e. The molecule has 2 aromatic rings. The van der Waals surface area contributed by atoms with Crippen LogP contribution in [0.25, 0.3) is 5.69 Å². The zero-order chi connectivity index (χ0) is 11.0. The number of hydrogen-bond acceptors (Lipinski definition) is 1. The number of aromatic nitrogens is 2. The molecule has 1 heterocycles. The summed E-state index contributed by atoms with van der Waals surface area (Å²) in [6, 6.07) is 7.49. The van der Waals surface area contributed by atoms with Crippen LogP contribution < -0.4 is 0 Å². The Bertz CT molecular complexity index is 508. The Morgan fingerprint density at radius 3 is 2.67 bits per heavy atom. The van der Waals surface area contributed by atoms with Crippen molar-refractivity contribution in [3.05, 3.63) is 43.7 Å². The molecule has 1 aromatic carbocycles. The van der Waals surface area contributed by atoms with Crippen LogP contribution in [0.1, 0.15) is 5.69 Å². The van der Waals surface area contributed by atoms with Gasteiger partial charge in [-0.15, -0.1) is 0 Å². The lowest BCUT2D eigenvalue weighted by atomic mass is 10.3. The molecule has 0 spiro atoms. The predicted octanol–water partition coefficient (Wildman–Crippen LogP) is 4.09. The highest BCUT2D eigenvalue weighted by Gasteiger charge is 2.10. The lowest BCUT2D eigenvalue weighted by Crippen LogP contribution is -1.99. The Labute approximate surface area is 111 Å². The van der Waals surface area contributed by atoms with E-state index in [0.29, 0.717) is 10.0 Å². The molecule has 78 valence electrons. The second-order valence-electron chi connectivity index (χ2n) is 3.09. The topological polar surface area (TPSA) is 17.8 Å². The SMILES string of the molecule is Cc1cc(I)n(-c2cccc(Cl)c2Cl)n1. The molecule has 0 unspecified atom stereocenters. The molecule has 0 radical (unpaired) electrons. The number of halogens is 3. The highest BCUT2D eigenvalue weighted by molar-refractivity contribution is 14.1. The maximum atomic E-state index is 6.11. The van der Waals surface area contributed by atoms with Crippen LogP contribution in [-0.4, -0.2) is 9.78 Å². The zero-order valence-electron chi connectivity index (χ0n) is 7.84. The van der Waals surface area contributed by atoms with Crippen LogP contribution in [0.4, 0.5) is 0 Å². The van der Waals surface area contributed by atoms with Crippen LogP contribution in [0.5, 0.6) is 0 Å². The van der Waals surface area contributed by atoms with Crippen molar-refractivity contribution in [2.75, 3.05) is 0 Å². The molecule has 1 aromatic heterocycles. The van der Waals surface area contributed by atoms with Gasteiger partial charge in [0, 0.05) is 0 Å². The Balaban J connectivity index is 2.64. The van der Waals surface area contributed by atoms with E-state index in [1.807, 2.05) is 25.1 Å². The molecular weight excluding hydrogens is 346 g/mol. The van der Waals surface area contributed by atoms with Gasteiger partial charge >= 0.3 is 0 Å². The van der Waals surface area contributed by atoms with Gasteiger partial charge in [0.1, 0.15) is 3.70 Å². The lowest BCUT2D eigenvalue weighted by Gasteiger charge is -2.06. The first-order chi connectivity index (χ1) is 7.09. The summed E-state index contributed by atoms with van der Waals surface area (Å²) >= 11 is 14.3. The Morgan fingerprint density at radius 2 is 2.07 bits per heavy atom. The van der Waals surface area contributed by atoms with Crippen molar-refractivity contribution in [2.45, 2.75) is 6.92 Å². The third kappa shape index (κ3) is 2.14. The van der Waals surface area contributed by atoms with Gasteiger partial charge in [0.05, 0.1) is 21.4 Å². The molecule has 2 nitrogen and oxygen atoms in total. The molecule has 0 aliphatic rings. The average Bonchev–Trinajstić information content (AvgIpc) is 2.50. The van der Waals surface area contributed by atoms with Crippen molar-refractivity contribution in [1.29, 1.82) is 0 Å². The number of rotatable bonds is 1. The molecule has 0 aliphatic heterocycles. The summed E-state index contributed by atoms with van der Waals surface area (Å²) in [5.74, 6) is 0. The van der Waals surface area contributed by atoms with Gasteiger partial charge < -0.3 is 0 Å². The maximum absolute atomic E-state index is 6.11. The average molecular weight is 353 g/mol. The van der Waals surface area contributed by atoms with E-state index >= 15 is 0 Å². The Kier molecular flexibility index (Phi) is 3.23. The van der Waals surface area contributed by atoms with Gasteiger partial charge in [0.2, 0.25) is 0 Å². The molecule has 2 rings (SSSR count). The minimum atomic E-state index is 0.528. The quantitative estimate of drug-likeness (QED) is 0.707. The van der Waals surface area contributed by atoms with Crippen molar-refractivity contribution in [2.24, 2.45) is 0 Å². The first-order valence-electron chi connectivity index (χ1n) is 4.26. The minimum absolute atomic E-state index is 0.528. The highest BCUT2D eigenvalue weighted by atomic mass is 127. The van der Waals surface area contributed by atoms with E-state index in [9.17, 15) is 0 Å². The summed E-state index contributed by atoms with van der Waals surface area (Å²) in [6.07, 6.45) is 0. The first kappa shape index (κ1) is 11.2. The third-order valence-corrected chi connectivity index (χ3v) is 3.52. The maximum Gasteiger partial charge on any atom is 0.105 e. The molecule has 0 saturated carbocycles. The van der Waals surface area contributed by atoms with Crippen LogP contribution in [0, 0.1) is 10.6 Å². The van der Waals surface area contributed by atoms with Crippen LogP contribution in [0.15, 0.2) is 24.3 Å². The fraction of sp³-hybridized carbons (Fsp3) is 0.100. The molecule has 5 heteroatoms. The molecule has 0 aliphatic carbocycles. The summed E-state index contributed by atoms with van der Waals surface area (Å²) in [5.41, 5.74) is 1.76. The van der Waals surface area contributed by atoms with Crippen molar-refractivity contribution >= 4 is 45.8 Å². The second kappa shape index (κ2) is 4.31. The molecule has 0 N–H and O–H groups in total. The lowest BCUT2D eigenvalue weighted by molar-refractivity contribution is 0.844. The fourth-order valence-corrected chi connectivity index (χ4v) is 2.49. The number of hydrogen-bond donors (Lipinski definition) is 0. The van der Waals surface area contributed by atoms with Crippen LogP contribution in [0.2, 0.25) is 10.0 Å². The Hall–Kier alpha value is -0.260. The van der Waals surface area contributed by atoms with E-state index in [0.717, 1.165) is 15.1 Å². The van der Waals surface area contributed by atoms with E-state index in [1.54, 1.807) is 10.7 Å². The van der Waals surface area contributed by atoms with Crippen LogP contribution >= 0.6 is 45.8 Å². The van der Waals surface area contributed by atoms with Gasteiger partial charge in [0.15, 0.2) is 0 Å². The summed E-state index contributed by atoms with van der Waals surface area (Å²) in [7, 11) is 0. The van der Waals surface area contributed by atoms with E-state index in [4.69, 9.17) is 23.2 Å².